The van der Waals surface area contributed by atoms with E-state index in [4.69, 9.17) is 4.74 Å². The number of anilines is 2. The van der Waals surface area contributed by atoms with Crippen molar-refractivity contribution in [2.24, 2.45) is 5.92 Å². The maximum absolute atomic E-state index is 12.0. The SMILES string of the molecule is CCOC(=O)C1CCCN(c2ncnc(NC(C)C)c2[N+](=O)[O-])C1. The molecule has 1 aromatic rings. The fraction of sp³-hybridized carbons (Fsp3) is 0.667. The number of ether oxygens (including phenoxy) is 1. The average Bonchev–Trinajstić information content (AvgIpc) is 2.54. The van der Waals surface area contributed by atoms with Crippen molar-refractivity contribution in [3.8, 4) is 0 Å². The van der Waals surface area contributed by atoms with Crippen LogP contribution in [0.15, 0.2) is 6.33 Å². The molecule has 1 atom stereocenters. The summed E-state index contributed by atoms with van der Waals surface area (Å²) in [4.78, 5) is 32.9. The van der Waals surface area contributed by atoms with Crippen LogP contribution in [0.25, 0.3) is 0 Å². The van der Waals surface area contributed by atoms with Crippen molar-refractivity contribution in [2.75, 3.05) is 29.9 Å². The molecule has 1 N–H and O–H groups in total. The lowest BCUT2D eigenvalue weighted by atomic mass is 9.98. The molecule has 0 saturated carbocycles. The number of nitrogens with zero attached hydrogens (tertiary/aromatic N) is 4. The van der Waals surface area contributed by atoms with Crippen LogP contribution in [0, 0.1) is 16.0 Å². The summed E-state index contributed by atoms with van der Waals surface area (Å²) in [5.41, 5.74) is -0.157. The van der Waals surface area contributed by atoms with E-state index in [1.165, 1.54) is 6.33 Å². The highest BCUT2D eigenvalue weighted by molar-refractivity contribution is 5.75. The Morgan fingerprint density at radius 2 is 2.29 bits per heavy atom. The first kappa shape index (κ1) is 17.9. The number of carbonyl (C=O) groups is 1. The van der Waals surface area contributed by atoms with Crippen LogP contribution in [0.5, 0.6) is 0 Å². The van der Waals surface area contributed by atoms with E-state index in [9.17, 15) is 14.9 Å². The van der Waals surface area contributed by atoms with E-state index in [0.717, 1.165) is 6.42 Å². The fourth-order valence-corrected chi connectivity index (χ4v) is 2.77. The zero-order valence-corrected chi connectivity index (χ0v) is 14.2. The van der Waals surface area contributed by atoms with Crippen molar-refractivity contribution >= 4 is 23.3 Å². The van der Waals surface area contributed by atoms with Gasteiger partial charge in [0.1, 0.15) is 6.33 Å². The van der Waals surface area contributed by atoms with Gasteiger partial charge in [0.15, 0.2) is 0 Å². The Morgan fingerprint density at radius 1 is 1.54 bits per heavy atom. The third kappa shape index (κ3) is 4.09. The van der Waals surface area contributed by atoms with Crippen molar-refractivity contribution in [3.63, 3.8) is 0 Å². The van der Waals surface area contributed by atoms with Gasteiger partial charge in [-0.3, -0.25) is 14.9 Å². The van der Waals surface area contributed by atoms with Gasteiger partial charge in [-0.15, -0.1) is 0 Å². The number of hydrogen-bond acceptors (Lipinski definition) is 8. The lowest BCUT2D eigenvalue weighted by molar-refractivity contribution is -0.383. The summed E-state index contributed by atoms with van der Waals surface area (Å²) >= 11 is 0. The Hall–Kier alpha value is -2.45. The maximum atomic E-state index is 12.0. The van der Waals surface area contributed by atoms with Gasteiger partial charge in [-0.25, -0.2) is 9.97 Å². The molecule has 24 heavy (non-hydrogen) atoms. The number of nitrogens with one attached hydrogen (secondary N) is 1. The Balaban J connectivity index is 2.30. The smallest absolute Gasteiger partial charge is 0.353 e. The zero-order valence-electron chi connectivity index (χ0n) is 14.2. The van der Waals surface area contributed by atoms with Crippen molar-refractivity contribution < 1.29 is 14.5 Å². The molecule has 0 bridgehead atoms. The molecule has 1 fully saturated rings. The van der Waals surface area contributed by atoms with Crippen LogP contribution < -0.4 is 10.2 Å². The van der Waals surface area contributed by atoms with Gasteiger partial charge in [0, 0.05) is 19.1 Å². The van der Waals surface area contributed by atoms with Crippen LogP contribution in [0.4, 0.5) is 17.3 Å². The first-order chi connectivity index (χ1) is 11.4. The van der Waals surface area contributed by atoms with Gasteiger partial charge in [0.05, 0.1) is 17.4 Å². The van der Waals surface area contributed by atoms with E-state index in [1.807, 2.05) is 13.8 Å². The van der Waals surface area contributed by atoms with Crippen molar-refractivity contribution in [1.29, 1.82) is 0 Å². The predicted octanol–water partition coefficient (Wildman–Crippen LogP) is 1.98. The molecule has 0 radical (unpaired) electrons. The third-order valence-corrected chi connectivity index (χ3v) is 3.75. The number of piperidine rings is 1. The normalized spacial score (nSPS) is 17.7. The van der Waals surface area contributed by atoms with Crippen LogP contribution >= 0.6 is 0 Å². The summed E-state index contributed by atoms with van der Waals surface area (Å²) in [5, 5.41) is 14.5. The number of aromatic nitrogens is 2. The monoisotopic (exact) mass is 337 g/mol. The molecule has 2 rings (SSSR count). The number of nitro groups is 1. The molecule has 0 aliphatic carbocycles. The first-order valence-corrected chi connectivity index (χ1v) is 8.11. The highest BCUT2D eigenvalue weighted by Gasteiger charge is 2.33. The van der Waals surface area contributed by atoms with Crippen molar-refractivity contribution in [2.45, 2.75) is 39.7 Å². The summed E-state index contributed by atoms with van der Waals surface area (Å²) in [6.45, 7) is 6.81. The Bertz CT molecular complexity index is 608. The second-order valence-electron chi connectivity index (χ2n) is 5.99. The number of rotatable bonds is 6. The van der Waals surface area contributed by atoms with Crippen molar-refractivity contribution in [1.82, 2.24) is 9.97 Å². The Kier molecular flexibility index (Phi) is 5.88. The summed E-state index contributed by atoms with van der Waals surface area (Å²) in [6, 6.07) is 0.0000799. The summed E-state index contributed by atoms with van der Waals surface area (Å²) < 4.78 is 5.08. The van der Waals surface area contributed by atoms with Crippen LogP contribution in [0.2, 0.25) is 0 Å². The number of hydrogen-bond donors (Lipinski definition) is 1. The van der Waals surface area contributed by atoms with Gasteiger partial charge >= 0.3 is 11.7 Å². The molecule has 1 aromatic heterocycles. The minimum Gasteiger partial charge on any atom is -0.466 e. The van der Waals surface area contributed by atoms with E-state index in [0.29, 0.717) is 26.1 Å². The molecule has 2 heterocycles. The highest BCUT2D eigenvalue weighted by atomic mass is 16.6. The van der Waals surface area contributed by atoms with E-state index in [1.54, 1.807) is 11.8 Å². The van der Waals surface area contributed by atoms with Crippen LogP contribution in [0.1, 0.15) is 33.6 Å². The largest absolute Gasteiger partial charge is 0.466 e. The molecular weight excluding hydrogens is 314 g/mol. The molecule has 1 unspecified atom stereocenters. The van der Waals surface area contributed by atoms with E-state index >= 15 is 0 Å². The quantitative estimate of drug-likeness (QED) is 0.476. The lowest BCUT2D eigenvalue weighted by Gasteiger charge is -2.32. The summed E-state index contributed by atoms with van der Waals surface area (Å²) in [5.74, 6) is -0.125. The molecule has 132 valence electrons. The van der Waals surface area contributed by atoms with E-state index in [2.05, 4.69) is 15.3 Å². The first-order valence-electron chi connectivity index (χ1n) is 8.11. The average molecular weight is 337 g/mol. The van der Waals surface area contributed by atoms with Crippen LogP contribution in [0.3, 0.4) is 0 Å². The standard InChI is InChI=1S/C15H23N5O4/c1-4-24-15(21)11-6-5-7-19(8-11)14-12(20(22)23)13(16-9-17-14)18-10(2)3/h9-11H,4-8H2,1-3H3,(H,16,17,18). The maximum Gasteiger partial charge on any atom is 0.353 e. The molecule has 1 saturated heterocycles. The van der Waals surface area contributed by atoms with Crippen LogP contribution in [-0.2, 0) is 9.53 Å². The van der Waals surface area contributed by atoms with Gasteiger partial charge in [-0.05, 0) is 33.6 Å². The molecule has 0 aromatic carbocycles. The minimum atomic E-state index is -0.478. The third-order valence-electron chi connectivity index (χ3n) is 3.75. The summed E-state index contributed by atoms with van der Waals surface area (Å²) in [6.07, 6.45) is 2.77. The van der Waals surface area contributed by atoms with Crippen molar-refractivity contribution in [3.05, 3.63) is 16.4 Å². The molecular formula is C15H23N5O4. The van der Waals surface area contributed by atoms with Crippen LogP contribution in [-0.4, -0.2) is 46.6 Å². The number of carbonyl (C=O) groups excluding carboxylic acids is 1. The Labute approximate surface area is 140 Å². The second kappa shape index (κ2) is 7.89. The molecule has 9 nitrogen and oxygen atoms in total. The van der Waals surface area contributed by atoms with Gasteiger partial charge in [-0.1, -0.05) is 0 Å². The summed E-state index contributed by atoms with van der Waals surface area (Å²) in [7, 11) is 0. The Morgan fingerprint density at radius 3 is 2.92 bits per heavy atom. The fourth-order valence-electron chi connectivity index (χ4n) is 2.77. The van der Waals surface area contributed by atoms with Gasteiger partial charge in [0.25, 0.3) is 0 Å². The van der Waals surface area contributed by atoms with Gasteiger partial charge in [-0.2, -0.15) is 0 Å². The molecule has 0 spiro atoms. The minimum absolute atomic E-state index is 0.0000799. The molecule has 1 aliphatic heterocycles. The zero-order chi connectivity index (χ0) is 17.7. The topological polar surface area (TPSA) is 110 Å². The highest BCUT2D eigenvalue weighted by Crippen LogP contribution is 2.34. The van der Waals surface area contributed by atoms with Gasteiger partial charge < -0.3 is 15.0 Å². The molecule has 1 aliphatic rings. The number of esters is 1. The lowest BCUT2D eigenvalue weighted by Crippen LogP contribution is -2.40. The second-order valence-corrected chi connectivity index (χ2v) is 5.99. The molecule has 0 amide bonds. The van der Waals surface area contributed by atoms with E-state index < -0.39 is 4.92 Å². The van der Waals surface area contributed by atoms with E-state index in [-0.39, 0.29) is 35.3 Å². The van der Waals surface area contributed by atoms with Gasteiger partial charge in [0.2, 0.25) is 11.6 Å². The predicted molar refractivity (Wildman–Crippen MR) is 89.0 cm³/mol. The molecule has 9 heteroatoms.